The molecule has 0 bridgehead atoms. The highest BCUT2D eigenvalue weighted by molar-refractivity contribution is 6.16. The number of para-hydroxylation sites is 4. The Hall–Kier alpha value is -16.4. The average Bonchev–Trinajstić information content (AvgIpc) is 1.54. The normalized spacial score (nSPS) is 13.5. The molecule has 4 aromatic heterocycles. The van der Waals surface area contributed by atoms with Crippen molar-refractivity contribution in [3.05, 3.63) is 528 Å². The second-order valence-electron chi connectivity index (χ2n) is 36.1. The van der Waals surface area contributed by atoms with Crippen molar-refractivity contribution in [1.29, 1.82) is 0 Å². The number of aryl methyl sites for hydroxylation is 1. The largest absolute Gasteiger partial charge is 0.309 e. The van der Waals surface area contributed by atoms with Crippen molar-refractivity contribution >= 4 is 87.2 Å². The minimum atomic E-state index is -0.443. The Balaban J connectivity index is 0.000000145. The third kappa shape index (κ3) is 11.0. The molecule has 20 aromatic carbocycles. The van der Waals surface area contributed by atoms with Crippen molar-refractivity contribution in [2.75, 3.05) is 0 Å². The molecule has 0 saturated heterocycles. The number of fused-ring (bicyclic) bond motifs is 21. The van der Waals surface area contributed by atoms with Gasteiger partial charge in [0.25, 0.3) is 0 Å². The first kappa shape index (κ1) is 75.0. The van der Waals surface area contributed by atoms with E-state index in [2.05, 4.69) is 506 Å². The Morgan fingerprint density at radius 2 is 0.469 bits per heavy atom. The van der Waals surface area contributed by atoms with E-state index >= 15 is 0 Å². The highest BCUT2D eigenvalue weighted by Crippen LogP contribution is 2.60. The Bertz CT molecular complexity index is 8390. The zero-order valence-electron chi connectivity index (χ0n) is 72.2. The molecule has 4 nitrogen and oxygen atoms in total. The standard InChI is InChI=1S/C74H48N2.C52H38N2/c1-5-21-51(22-6-1)73(52-23-7-2-8-24-52)65-33-17-13-29-57(65)61-47-55(39-41-67(61)73)75-69-35-19-15-31-59(69)63-45-49(37-43-71(63)75)50-38-44-72-64(46-50)60-32-16-20-36-70(60)76(72)56-40-42-68-62(48-56)58-30-14-18-34-66(58)74(68,53-25-9-3-10-26-53)54-27-11-4-12-28-54;1-33-13-10-14-34(29-33)35-15-11-16-38(30-35)53-46-22-8-5-18-40(46)43-31-36(25-27-48(43)53)37-26-28-49-44(32-37)41-19-6-9-23-47(41)54(49)50-24-12-20-42-39-17-4-7-21-45(39)52(2,3)51(42)50/h1-48H;4-32H,1-3H3. The summed E-state index contributed by atoms with van der Waals surface area (Å²) in [5.74, 6) is 0. The van der Waals surface area contributed by atoms with Crippen LogP contribution in [0.2, 0.25) is 0 Å². The van der Waals surface area contributed by atoms with Gasteiger partial charge >= 0.3 is 0 Å². The van der Waals surface area contributed by atoms with E-state index in [9.17, 15) is 0 Å². The lowest BCUT2D eigenvalue weighted by molar-refractivity contribution is 0.656. The van der Waals surface area contributed by atoms with E-state index in [1.807, 2.05) is 0 Å². The molecule has 0 radical (unpaired) electrons. The number of aromatic nitrogens is 4. The fourth-order valence-corrected chi connectivity index (χ4v) is 23.5. The van der Waals surface area contributed by atoms with Crippen LogP contribution in [0.25, 0.3) is 177 Å². The topological polar surface area (TPSA) is 19.7 Å². The molecule has 27 rings (SSSR count). The van der Waals surface area contributed by atoms with Crippen LogP contribution < -0.4 is 0 Å². The van der Waals surface area contributed by atoms with Crippen molar-refractivity contribution in [2.24, 2.45) is 0 Å². The minimum absolute atomic E-state index is 0.114. The second-order valence-corrected chi connectivity index (χ2v) is 36.1. The molecule has 3 aliphatic rings. The zero-order valence-corrected chi connectivity index (χ0v) is 72.2. The lowest BCUT2D eigenvalue weighted by Gasteiger charge is -2.33. The fraction of sp³-hybridized carbons (Fsp3) is 0.0476. The number of nitrogens with zero attached hydrogens (tertiary/aromatic N) is 4. The van der Waals surface area contributed by atoms with Gasteiger partial charge in [0, 0.05) is 65.6 Å². The fourth-order valence-electron chi connectivity index (χ4n) is 23.5. The van der Waals surface area contributed by atoms with E-state index in [0.717, 1.165) is 11.4 Å². The number of benzene rings is 20. The molecule has 610 valence electrons. The Morgan fingerprint density at radius 3 is 0.877 bits per heavy atom. The van der Waals surface area contributed by atoms with Gasteiger partial charge in [-0.15, -0.1) is 0 Å². The van der Waals surface area contributed by atoms with Gasteiger partial charge in [0.05, 0.1) is 60.7 Å². The Kier molecular flexibility index (Phi) is 16.8. The van der Waals surface area contributed by atoms with Gasteiger partial charge in [-0.25, -0.2) is 0 Å². The summed E-state index contributed by atoms with van der Waals surface area (Å²) in [4.78, 5) is 0. The Labute approximate surface area is 755 Å². The third-order valence-electron chi connectivity index (χ3n) is 29.0. The molecule has 0 unspecified atom stereocenters. The summed E-state index contributed by atoms with van der Waals surface area (Å²) < 4.78 is 9.86. The van der Waals surface area contributed by atoms with Crippen molar-refractivity contribution in [2.45, 2.75) is 37.0 Å². The van der Waals surface area contributed by atoms with Gasteiger partial charge in [0.1, 0.15) is 0 Å². The van der Waals surface area contributed by atoms with Crippen molar-refractivity contribution in [3.63, 3.8) is 0 Å². The van der Waals surface area contributed by atoms with E-state index in [4.69, 9.17) is 0 Å². The molecule has 0 N–H and O–H groups in total. The SMILES string of the molecule is Cc1cccc(-c2cccc(-n3c4ccccc4c4cc(-c5ccc6c(c5)c5ccccc5n6-c5cccc6c5C(C)(C)c5ccccc5-6)ccc43)c2)c1.c1ccc(C2(c3ccccc3)c3ccccc3-c3cc(-n4c5ccccc5c5cc(-c6ccc7c(c6)c6ccccc6n7-c6ccc7c(c6)-c6ccccc6C7(c6ccccc6)c6ccccc6)ccc54)ccc32)cc1. The lowest BCUT2D eigenvalue weighted by atomic mass is 9.68. The second kappa shape index (κ2) is 29.1. The quantitative estimate of drug-likeness (QED) is 0.123. The van der Waals surface area contributed by atoms with Gasteiger partial charge in [-0.3, -0.25) is 0 Å². The molecule has 0 amide bonds. The first-order valence-corrected chi connectivity index (χ1v) is 45.4. The van der Waals surface area contributed by atoms with Crippen LogP contribution in [0.4, 0.5) is 0 Å². The molecule has 24 aromatic rings. The van der Waals surface area contributed by atoms with Crippen molar-refractivity contribution in [3.8, 4) is 89.5 Å². The number of hydrogen-bond acceptors (Lipinski definition) is 0. The number of hydrogen-bond donors (Lipinski definition) is 0. The first-order valence-electron chi connectivity index (χ1n) is 45.4. The van der Waals surface area contributed by atoms with Crippen LogP contribution >= 0.6 is 0 Å². The molecular weight excluding hydrogens is 1570 g/mol. The highest BCUT2D eigenvalue weighted by atomic mass is 15.0. The van der Waals surface area contributed by atoms with E-state index in [1.165, 1.54) is 227 Å². The minimum Gasteiger partial charge on any atom is -0.309 e. The molecule has 0 saturated carbocycles. The molecule has 0 atom stereocenters. The molecule has 130 heavy (non-hydrogen) atoms. The maximum Gasteiger partial charge on any atom is 0.0713 e. The van der Waals surface area contributed by atoms with Crippen molar-refractivity contribution in [1.82, 2.24) is 18.3 Å². The maximum absolute atomic E-state index is 2.50. The summed E-state index contributed by atoms with van der Waals surface area (Å²) in [6.07, 6.45) is 0. The highest BCUT2D eigenvalue weighted by Gasteiger charge is 2.48. The van der Waals surface area contributed by atoms with Crippen LogP contribution in [-0.4, -0.2) is 18.3 Å². The van der Waals surface area contributed by atoms with Gasteiger partial charge in [0.15, 0.2) is 0 Å². The average molecular weight is 1660 g/mol. The number of rotatable bonds is 11. The summed E-state index contributed by atoms with van der Waals surface area (Å²) in [5, 5.41) is 10.0. The molecule has 0 spiro atoms. The first-order chi connectivity index (χ1) is 64.2. The summed E-state index contributed by atoms with van der Waals surface area (Å²) >= 11 is 0. The van der Waals surface area contributed by atoms with Gasteiger partial charge in [0.2, 0.25) is 0 Å². The molecule has 4 heteroatoms. The smallest absolute Gasteiger partial charge is 0.0713 e. The lowest BCUT2D eigenvalue weighted by Crippen LogP contribution is -2.28. The van der Waals surface area contributed by atoms with Crippen LogP contribution in [0.1, 0.15) is 75.0 Å². The van der Waals surface area contributed by atoms with Gasteiger partial charge < -0.3 is 18.3 Å². The van der Waals surface area contributed by atoms with Gasteiger partial charge in [-0.05, 0) is 245 Å². The predicted molar refractivity (Wildman–Crippen MR) is 543 cm³/mol. The van der Waals surface area contributed by atoms with Crippen LogP contribution in [-0.2, 0) is 16.2 Å². The molecule has 4 heterocycles. The zero-order chi connectivity index (χ0) is 86.1. The summed E-state index contributed by atoms with van der Waals surface area (Å²) in [7, 11) is 0. The van der Waals surface area contributed by atoms with Crippen LogP contribution in [0.5, 0.6) is 0 Å². The van der Waals surface area contributed by atoms with E-state index < -0.39 is 10.8 Å². The Morgan fingerprint density at radius 1 is 0.177 bits per heavy atom. The predicted octanol–water partition coefficient (Wildman–Crippen LogP) is 32.1. The monoisotopic (exact) mass is 1650 g/mol. The molecule has 0 fully saturated rings. The van der Waals surface area contributed by atoms with Crippen LogP contribution in [0.15, 0.2) is 467 Å². The summed E-state index contributed by atoms with van der Waals surface area (Å²) in [5.41, 5.74) is 42.8. The van der Waals surface area contributed by atoms with Crippen LogP contribution in [0, 0.1) is 6.92 Å². The third-order valence-corrected chi connectivity index (χ3v) is 29.0. The van der Waals surface area contributed by atoms with E-state index in [0.29, 0.717) is 0 Å². The van der Waals surface area contributed by atoms with E-state index in [-0.39, 0.29) is 5.41 Å². The van der Waals surface area contributed by atoms with Crippen molar-refractivity contribution < 1.29 is 0 Å². The van der Waals surface area contributed by atoms with Gasteiger partial charge in [-0.2, -0.15) is 0 Å². The summed E-state index contributed by atoms with van der Waals surface area (Å²) in [6.45, 7) is 6.91. The van der Waals surface area contributed by atoms with Crippen LogP contribution in [0.3, 0.4) is 0 Å². The maximum atomic E-state index is 2.50. The molecule has 3 aliphatic carbocycles. The molecule has 0 aliphatic heterocycles. The van der Waals surface area contributed by atoms with Gasteiger partial charge in [-0.1, -0.05) is 371 Å². The summed E-state index contributed by atoms with van der Waals surface area (Å²) in [6, 6.07) is 174. The van der Waals surface area contributed by atoms with E-state index in [1.54, 1.807) is 0 Å². The molecular formula is C126H86N4.